The number of rotatable bonds is 4. The number of hydrogen-bond acceptors (Lipinski definition) is 4. The molecule has 1 aromatic heterocycles. The quantitative estimate of drug-likeness (QED) is 0.829. The Bertz CT molecular complexity index is 414. The van der Waals surface area contributed by atoms with E-state index in [9.17, 15) is 13.2 Å². The van der Waals surface area contributed by atoms with Crippen LogP contribution in [0.1, 0.15) is 11.3 Å². The second-order valence-electron chi connectivity index (χ2n) is 3.31. The van der Waals surface area contributed by atoms with Crippen LogP contribution >= 0.6 is 0 Å². The van der Waals surface area contributed by atoms with E-state index in [2.05, 4.69) is 10.3 Å². The van der Waals surface area contributed by atoms with Crippen molar-refractivity contribution >= 4 is 0 Å². The summed E-state index contributed by atoms with van der Waals surface area (Å²) in [6.07, 6.45) is -5.63. The minimum Gasteiger partial charge on any atom is -0.382 e. The van der Waals surface area contributed by atoms with E-state index in [0.717, 1.165) is 0 Å². The van der Waals surface area contributed by atoms with E-state index >= 15 is 0 Å². The van der Waals surface area contributed by atoms with Crippen molar-refractivity contribution in [3.05, 3.63) is 29.6 Å². The molecule has 17 heavy (non-hydrogen) atoms. The third-order valence-corrected chi connectivity index (χ3v) is 2.03. The van der Waals surface area contributed by atoms with Crippen molar-refractivity contribution in [1.29, 1.82) is 5.26 Å². The Morgan fingerprint density at radius 3 is 2.82 bits per heavy atom. The Balaban J connectivity index is 2.50. The Kier molecular flexibility index (Phi) is 4.43. The summed E-state index contributed by atoms with van der Waals surface area (Å²) in [5.41, 5.74) is 0.644. The first-order valence-corrected chi connectivity index (χ1v) is 4.74. The number of hydrogen-bond donors (Lipinski definition) is 2. The maximum atomic E-state index is 12.0. The van der Waals surface area contributed by atoms with Gasteiger partial charge in [-0.3, -0.25) is 0 Å². The molecule has 4 nitrogen and oxygen atoms in total. The zero-order valence-electron chi connectivity index (χ0n) is 8.70. The van der Waals surface area contributed by atoms with Gasteiger partial charge in [0.15, 0.2) is 6.10 Å². The molecule has 0 radical (unpaired) electrons. The van der Waals surface area contributed by atoms with Gasteiger partial charge in [0.2, 0.25) is 0 Å². The maximum absolute atomic E-state index is 12.0. The van der Waals surface area contributed by atoms with Crippen LogP contribution < -0.4 is 5.32 Å². The number of aliphatic hydroxyl groups excluding tert-OH is 1. The molecule has 1 heterocycles. The van der Waals surface area contributed by atoms with Gasteiger partial charge in [-0.05, 0) is 6.07 Å². The average Bonchev–Trinajstić information content (AvgIpc) is 2.28. The molecule has 1 aromatic rings. The lowest BCUT2D eigenvalue weighted by Crippen LogP contribution is -2.38. The van der Waals surface area contributed by atoms with Gasteiger partial charge in [-0.25, -0.2) is 4.98 Å². The van der Waals surface area contributed by atoms with Crippen LogP contribution in [0.2, 0.25) is 0 Å². The lowest BCUT2D eigenvalue weighted by Gasteiger charge is -2.15. The molecule has 0 amide bonds. The van der Waals surface area contributed by atoms with E-state index in [1.807, 2.05) is 6.07 Å². The predicted molar refractivity (Wildman–Crippen MR) is 52.7 cm³/mol. The lowest BCUT2D eigenvalue weighted by molar-refractivity contribution is -0.201. The van der Waals surface area contributed by atoms with E-state index in [-0.39, 0.29) is 12.2 Å². The highest BCUT2D eigenvalue weighted by Gasteiger charge is 2.37. The fourth-order valence-corrected chi connectivity index (χ4v) is 1.14. The summed E-state index contributed by atoms with van der Waals surface area (Å²) in [4.78, 5) is 3.76. The lowest BCUT2D eigenvalue weighted by atomic mass is 10.2. The van der Waals surface area contributed by atoms with Crippen LogP contribution in [0.25, 0.3) is 0 Å². The van der Waals surface area contributed by atoms with Crippen molar-refractivity contribution in [3.8, 4) is 6.07 Å². The molecule has 1 atom stereocenters. The molecule has 0 aromatic carbocycles. The summed E-state index contributed by atoms with van der Waals surface area (Å²) in [5, 5.41) is 19.8. The van der Waals surface area contributed by atoms with Crippen molar-refractivity contribution in [1.82, 2.24) is 10.3 Å². The fraction of sp³-hybridized carbons (Fsp3) is 0.400. The summed E-state index contributed by atoms with van der Waals surface area (Å²) in [6.45, 7) is -0.576. The number of halogens is 3. The number of alkyl halides is 3. The number of aromatic nitrogens is 1. The first kappa shape index (κ1) is 13.4. The zero-order valence-corrected chi connectivity index (χ0v) is 8.70. The smallest absolute Gasteiger partial charge is 0.382 e. The molecule has 0 fully saturated rings. The van der Waals surface area contributed by atoms with Crippen LogP contribution in [0.3, 0.4) is 0 Å². The standard InChI is InChI=1S/C10H10F3N3O/c11-10(12,13)9(17)6-15-5-7-2-1-3-16-8(7)4-14/h1-3,9,15,17H,5-6H2. The number of aliphatic hydroxyl groups is 1. The monoisotopic (exact) mass is 245 g/mol. The SMILES string of the molecule is N#Cc1ncccc1CNCC(O)C(F)(F)F. The number of pyridine rings is 1. The van der Waals surface area contributed by atoms with E-state index in [1.54, 1.807) is 12.1 Å². The molecule has 0 saturated carbocycles. The molecule has 2 N–H and O–H groups in total. The molecule has 0 saturated heterocycles. The van der Waals surface area contributed by atoms with Gasteiger partial charge in [0.1, 0.15) is 11.8 Å². The van der Waals surface area contributed by atoms with Gasteiger partial charge in [0.25, 0.3) is 0 Å². The van der Waals surface area contributed by atoms with Crippen LogP contribution in [0.5, 0.6) is 0 Å². The molecular formula is C10H10F3N3O. The summed E-state index contributed by atoms with van der Waals surface area (Å²) in [6, 6.07) is 4.99. The molecule has 0 aliphatic carbocycles. The fourth-order valence-electron chi connectivity index (χ4n) is 1.14. The van der Waals surface area contributed by atoms with Gasteiger partial charge in [-0.2, -0.15) is 18.4 Å². The van der Waals surface area contributed by atoms with Crippen molar-refractivity contribution in [2.75, 3.05) is 6.54 Å². The van der Waals surface area contributed by atoms with Crippen molar-refractivity contribution < 1.29 is 18.3 Å². The average molecular weight is 245 g/mol. The molecule has 0 aliphatic heterocycles. The molecular weight excluding hydrogens is 235 g/mol. The molecule has 0 bridgehead atoms. The minimum atomic E-state index is -4.64. The van der Waals surface area contributed by atoms with Crippen molar-refractivity contribution in [2.45, 2.75) is 18.8 Å². The summed E-state index contributed by atoms with van der Waals surface area (Å²) >= 11 is 0. The van der Waals surface area contributed by atoms with Gasteiger partial charge in [-0.1, -0.05) is 6.07 Å². The Labute approximate surface area is 95.7 Å². The molecule has 1 unspecified atom stereocenters. The van der Waals surface area contributed by atoms with Crippen molar-refractivity contribution in [3.63, 3.8) is 0 Å². The second-order valence-corrected chi connectivity index (χ2v) is 3.31. The Morgan fingerprint density at radius 2 is 2.24 bits per heavy atom. The highest BCUT2D eigenvalue weighted by Crippen LogP contribution is 2.19. The maximum Gasteiger partial charge on any atom is 0.415 e. The zero-order chi connectivity index (χ0) is 12.9. The third kappa shape index (κ3) is 4.01. The van der Waals surface area contributed by atoms with Crippen LogP contribution in [-0.4, -0.2) is 28.9 Å². The van der Waals surface area contributed by atoms with Crippen LogP contribution in [-0.2, 0) is 6.54 Å². The van der Waals surface area contributed by atoms with E-state index < -0.39 is 18.8 Å². The molecule has 92 valence electrons. The van der Waals surface area contributed by atoms with Gasteiger partial charge < -0.3 is 10.4 Å². The highest BCUT2D eigenvalue weighted by atomic mass is 19.4. The van der Waals surface area contributed by atoms with Crippen LogP contribution in [0, 0.1) is 11.3 Å². The molecule has 7 heteroatoms. The van der Waals surface area contributed by atoms with Gasteiger partial charge in [0.05, 0.1) is 0 Å². The Hall–Kier alpha value is -1.65. The van der Waals surface area contributed by atoms with Crippen LogP contribution in [0.4, 0.5) is 13.2 Å². The van der Waals surface area contributed by atoms with E-state index in [1.165, 1.54) is 6.20 Å². The predicted octanol–water partition coefficient (Wildman–Crippen LogP) is 0.966. The number of nitrogens with one attached hydrogen (secondary N) is 1. The molecule has 1 rings (SSSR count). The van der Waals surface area contributed by atoms with E-state index in [0.29, 0.717) is 5.56 Å². The summed E-state index contributed by atoms with van der Waals surface area (Å²) in [5.74, 6) is 0. The normalized spacial score (nSPS) is 13.1. The first-order chi connectivity index (χ1) is 7.95. The van der Waals surface area contributed by atoms with Gasteiger partial charge in [-0.15, -0.1) is 0 Å². The third-order valence-electron chi connectivity index (χ3n) is 2.03. The van der Waals surface area contributed by atoms with Gasteiger partial charge in [0, 0.05) is 24.8 Å². The molecule has 0 spiro atoms. The van der Waals surface area contributed by atoms with E-state index in [4.69, 9.17) is 10.4 Å². The topological polar surface area (TPSA) is 68.9 Å². The highest BCUT2D eigenvalue weighted by molar-refractivity contribution is 5.30. The van der Waals surface area contributed by atoms with Crippen molar-refractivity contribution in [2.24, 2.45) is 0 Å². The number of nitriles is 1. The van der Waals surface area contributed by atoms with Crippen LogP contribution in [0.15, 0.2) is 18.3 Å². The largest absolute Gasteiger partial charge is 0.415 e. The van der Waals surface area contributed by atoms with Gasteiger partial charge >= 0.3 is 6.18 Å². The Morgan fingerprint density at radius 1 is 1.53 bits per heavy atom. The minimum absolute atomic E-state index is 0.0455. The number of nitrogens with zero attached hydrogens (tertiary/aromatic N) is 2. The summed E-state index contributed by atoms with van der Waals surface area (Å²) in [7, 11) is 0. The first-order valence-electron chi connectivity index (χ1n) is 4.74. The summed E-state index contributed by atoms with van der Waals surface area (Å²) < 4.78 is 35.9. The second kappa shape index (κ2) is 5.61. The molecule has 0 aliphatic rings.